The van der Waals surface area contributed by atoms with Crippen LogP contribution in [0.2, 0.25) is 0 Å². The van der Waals surface area contributed by atoms with Gasteiger partial charge in [0.25, 0.3) is 0 Å². The Bertz CT molecular complexity index is 917. The maximum absolute atomic E-state index is 12.3. The first-order valence-corrected chi connectivity index (χ1v) is 10.8. The van der Waals surface area contributed by atoms with Gasteiger partial charge in [0, 0.05) is 11.1 Å². The Labute approximate surface area is 164 Å². The quantitative estimate of drug-likeness (QED) is 0.447. The molecule has 0 bridgehead atoms. The van der Waals surface area contributed by atoms with E-state index in [-0.39, 0.29) is 18.1 Å². The van der Waals surface area contributed by atoms with E-state index in [2.05, 4.69) is 10.3 Å². The number of thiazole rings is 1. The van der Waals surface area contributed by atoms with Gasteiger partial charge in [-0.1, -0.05) is 30.0 Å². The molecule has 0 aliphatic heterocycles. The lowest BCUT2D eigenvalue weighted by atomic mass is 10.1. The van der Waals surface area contributed by atoms with Crippen molar-refractivity contribution in [2.75, 3.05) is 11.1 Å². The molecule has 4 nitrogen and oxygen atoms in total. The number of carbonyl (C=O) groups excluding carboxylic acids is 2. The van der Waals surface area contributed by atoms with Crippen molar-refractivity contribution in [3.05, 3.63) is 62.8 Å². The van der Waals surface area contributed by atoms with Gasteiger partial charge in [0.15, 0.2) is 10.1 Å². The second-order valence-corrected chi connectivity index (χ2v) is 8.87. The Hall–Kier alpha value is -1.96. The van der Waals surface area contributed by atoms with Crippen LogP contribution in [0.25, 0.3) is 0 Å². The van der Waals surface area contributed by atoms with Gasteiger partial charge in [0.05, 0.1) is 22.7 Å². The highest BCUT2D eigenvalue weighted by Gasteiger charge is 2.12. The van der Waals surface area contributed by atoms with Crippen molar-refractivity contribution in [3.8, 4) is 0 Å². The van der Waals surface area contributed by atoms with Crippen LogP contribution in [0.15, 0.2) is 45.4 Å². The fourth-order valence-electron chi connectivity index (χ4n) is 2.30. The molecule has 2 aromatic heterocycles. The summed E-state index contributed by atoms with van der Waals surface area (Å²) in [4.78, 5) is 29.5. The van der Waals surface area contributed by atoms with Gasteiger partial charge in [-0.15, -0.1) is 22.7 Å². The summed E-state index contributed by atoms with van der Waals surface area (Å²) in [6.45, 7) is 3.97. The molecule has 0 fully saturated rings. The van der Waals surface area contributed by atoms with Crippen LogP contribution in [0.4, 0.5) is 5.69 Å². The van der Waals surface area contributed by atoms with Gasteiger partial charge in [-0.2, -0.15) is 0 Å². The van der Waals surface area contributed by atoms with Gasteiger partial charge in [-0.05, 0) is 42.5 Å². The number of carbonyl (C=O) groups is 2. The second-order valence-electron chi connectivity index (χ2n) is 5.84. The van der Waals surface area contributed by atoms with Crippen molar-refractivity contribution in [2.45, 2.75) is 24.6 Å². The van der Waals surface area contributed by atoms with E-state index in [4.69, 9.17) is 0 Å². The molecule has 0 saturated heterocycles. The zero-order valence-corrected chi connectivity index (χ0v) is 16.9. The van der Waals surface area contributed by atoms with E-state index in [1.54, 1.807) is 0 Å². The molecule has 7 heteroatoms. The van der Waals surface area contributed by atoms with Crippen LogP contribution in [0, 0.1) is 13.8 Å². The van der Waals surface area contributed by atoms with Crippen LogP contribution < -0.4 is 5.32 Å². The Morgan fingerprint density at radius 2 is 2.04 bits per heavy atom. The van der Waals surface area contributed by atoms with E-state index in [1.165, 1.54) is 34.4 Å². The first-order chi connectivity index (χ1) is 12.5. The van der Waals surface area contributed by atoms with E-state index in [0.717, 1.165) is 31.7 Å². The number of nitrogens with one attached hydrogen (secondary N) is 1. The topological polar surface area (TPSA) is 59.1 Å². The molecule has 1 N–H and O–H groups in total. The molecule has 0 atom stereocenters. The molecule has 3 aromatic rings. The van der Waals surface area contributed by atoms with Crippen LogP contribution in [0.3, 0.4) is 0 Å². The number of thiophene rings is 1. The number of aryl methyl sites for hydroxylation is 2. The number of thioether (sulfide) groups is 1. The maximum atomic E-state index is 12.3. The van der Waals surface area contributed by atoms with Crippen molar-refractivity contribution < 1.29 is 9.59 Å². The molecule has 3 rings (SSSR count). The fraction of sp³-hybridized carbons (Fsp3) is 0.211. The molecule has 0 radical (unpaired) electrons. The Balaban J connectivity index is 1.53. The summed E-state index contributed by atoms with van der Waals surface area (Å²) in [5.74, 6) is 0.381. The first-order valence-electron chi connectivity index (χ1n) is 8.02. The molecule has 0 aliphatic rings. The molecule has 2 heterocycles. The van der Waals surface area contributed by atoms with Crippen LogP contribution in [0.5, 0.6) is 0 Å². The maximum Gasteiger partial charge on any atom is 0.230 e. The largest absolute Gasteiger partial charge is 0.325 e. The Morgan fingerprint density at radius 3 is 2.81 bits per heavy atom. The van der Waals surface area contributed by atoms with Gasteiger partial charge in [-0.25, -0.2) is 4.98 Å². The number of hydrogen-bond acceptors (Lipinski definition) is 6. The molecule has 1 aromatic carbocycles. The molecular weight excluding hydrogens is 384 g/mol. The number of aromatic nitrogens is 1. The predicted molar refractivity (Wildman–Crippen MR) is 110 cm³/mol. The van der Waals surface area contributed by atoms with Crippen LogP contribution in [0.1, 0.15) is 26.5 Å². The lowest BCUT2D eigenvalue weighted by molar-refractivity contribution is -0.115. The Kier molecular flexibility index (Phi) is 6.24. The van der Waals surface area contributed by atoms with Crippen molar-refractivity contribution >= 4 is 51.8 Å². The normalized spacial score (nSPS) is 10.7. The third kappa shape index (κ3) is 5.03. The predicted octanol–water partition coefficient (Wildman–Crippen LogP) is 4.98. The monoisotopic (exact) mass is 402 g/mol. The van der Waals surface area contributed by atoms with Crippen LogP contribution >= 0.6 is 34.4 Å². The molecule has 134 valence electrons. The van der Waals surface area contributed by atoms with Gasteiger partial charge < -0.3 is 5.32 Å². The lowest BCUT2D eigenvalue weighted by Gasteiger charge is -2.08. The third-order valence-corrected chi connectivity index (χ3v) is 6.64. The summed E-state index contributed by atoms with van der Waals surface area (Å²) in [5.41, 5.74) is 3.70. The molecular formula is C19H18N2O2S3. The molecule has 1 amide bonds. The van der Waals surface area contributed by atoms with E-state index >= 15 is 0 Å². The van der Waals surface area contributed by atoms with Gasteiger partial charge in [0.2, 0.25) is 5.91 Å². The minimum atomic E-state index is -0.0878. The highest BCUT2D eigenvalue weighted by Crippen LogP contribution is 2.25. The van der Waals surface area contributed by atoms with Gasteiger partial charge >= 0.3 is 0 Å². The van der Waals surface area contributed by atoms with Gasteiger partial charge in [0.1, 0.15) is 0 Å². The minimum absolute atomic E-state index is 0.0878. The van der Waals surface area contributed by atoms with Crippen LogP contribution in [-0.4, -0.2) is 22.4 Å². The minimum Gasteiger partial charge on any atom is -0.325 e. The Morgan fingerprint density at radius 1 is 1.19 bits per heavy atom. The first kappa shape index (κ1) is 18.8. The molecule has 0 aliphatic carbocycles. The van der Waals surface area contributed by atoms with Gasteiger partial charge in [-0.3, -0.25) is 9.59 Å². The van der Waals surface area contributed by atoms with Crippen molar-refractivity contribution in [1.82, 2.24) is 4.98 Å². The number of anilines is 1. The molecule has 0 unspecified atom stereocenters. The van der Waals surface area contributed by atoms with E-state index in [1.807, 2.05) is 54.9 Å². The number of ketones is 1. The number of nitrogens with zero attached hydrogens (tertiary/aromatic N) is 1. The summed E-state index contributed by atoms with van der Waals surface area (Å²) in [5, 5.41) is 6.72. The molecule has 0 spiro atoms. The van der Waals surface area contributed by atoms with Crippen molar-refractivity contribution in [2.24, 2.45) is 0 Å². The standard InChI is InChI=1S/C19H18N2O2S3/c1-12-5-6-13(2)15(8-12)21-18(23)9-14-10-25-19(20-14)26-11-16(22)17-4-3-7-24-17/h3-8,10H,9,11H2,1-2H3,(H,21,23). The summed E-state index contributed by atoms with van der Waals surface area (Å²) in [7, 11) is 0. The average molecular weight is 403 g/mol. The summed E-state index contributed by atoms with van der Waals surface area (Å²) in [6, 6.07) is 9.68. The number of amides is 1. The zero-order chi connectivity index (χ0) is 18.5. The zero-order valence-electron chi connectivity index (χ0n) is 14.4. The van der Waals surface area contributed by atoms with E-state index in [9.17, 15) is 9.59 Å². The smallest absolute Gasteiger partial charge is 0.230 e. The summed E-state index contributed by atoms with van der Waals surface area (Å²) >= 11 is 4.33. The SMILES string of the molecule is Cc1ccc(C)c(NC(=O)Cc2csc(SCC(=O)c3cccs3)n2)c1. The number of Topliss-reactive ketones (excluding diaryl/α,β-unsaturated/α-hetero) is 1. The van der Waals surface area contributed by atoms with Crippen molar-refractivity contribution in [3.63, 3.8) is 0 Å². The van der Waals surface area contributed by atoms with E-state index in [0.29, 0.717) is 5.75 Å². The second kappa shape index (κ2) is 8.62. The van der Waals surface area contributed by atoms with E-state index < -0.39 is 0 Å². The summed E-state index contributed by atoms with van der Waals surface area (Å²) < 4.78 is 0.810. The van der Waals surface area contributed by atoms with Crippen LogP contribution in [-0.2, 0) is 11.2 Å². The fourth-order valence-corrected chi connectivity index (χ4v) is 4.78. The summed E-state index contributed by atoms with van der Waals surface area (Å²) in [6.07, 6.45) is 0.226. The molecule has 0 saturated carbocycles. The number of rotatable bonds is 7. The highest BCUT2D eigenvalue weighted by atomic mass is 32.2. The molecule has 26 heavy (non-hydrogen) atoms. The third-order valence-electron chi connectivity index (χ3n) is 3.66. The average Bonchev–Trinajstić information content (AvgIpc) is 3.28. The number of benzene rings is 1. The van der Waals surface area contributed by atoms with Crippen molar-refractivity contribution in [1.29, 1.82) is 0 Å². The number of hydrogen-bond donors (Lipinski definition) is 1. The highest BCUT2D eigenvalue weighted by molar-refractivity contribution is 8.01. The lowest BCUT2D eigenvalue weighted by Crippen LogP contribution is -2.15.